The van der Waals surface area contributed by atoms with E-state index in [4.69, 9.17) is 4.74 Å². The molecule has 0 aliphatic rings. The van der Waals surface area contributed by atoms with Gasteiger partial charge in [0, 0.05) is 15.6 Å². The number of aryl methyl sites for hydroxylation is 1. The van der Waals surface area contributed by atoms with Crippen LogP contribution in [0.4, 0.5) is 0 Å². The molecule has 0 spiro atoms. The number of hydrogen-bond acceptors (Lipinski definition) is 2. The number of ether oxygens (including phenoxy) is 1. The van der Waals surface area contributed by atoms with Crippen LogP contribution < -0.4 is 10.1 Å². The molecule has 0 unspecified atom stereocenters. The van der Waals surface area contributed by atoms with E-state index in [-0.39, 0.29) is 11.9 Å². The predicted molar refractivity (Wildman–Crippen MR) is 87.8 cm³/mol. The summed E-state index contributed by atoms with van der Waals surface area (Å²) in [6, 6.07) is 13.1. The summed E-state index contributed by atoms with van der Waals surface area (Å²) in [4.78, 5) is 12.3. The minimum atomic E-state index is -0.133. The van der Waals surface area contributed by atoms with Crippen molar-refractivity contribution in [3.8, 4) is 5.75 Å². The van der Waals surface area contributed by atoms with Gasteiger partial charge in [0.1, 0.15) is 5.75 Å². The number of methoxy groups -OCH3 is 1. The molecule has 0 saturated carbocycles. The Labute approximate surface area is 133 Å². The summed E-state index contributed by atoms with van der Waals surface area (Å²) in [5.41, 5.74) is 2.73. The monoisotopic (exact) mass is 347 g/mol. The minimum absolute atomic E-state index is 0.104. The molecule has 3 nitrogen and oxygen atoms in total. The molecule has 0 heterocycles. The first-order valence-electron chi connectivity index (χ1n) is 6.72. The third kappa shape index (κ3) is 3.85. The highest BCUT2D eigenvalue weighted by molar-refractivity contribution is 9.10. The Bertz CT molecular complexity index is 655. The van der Waals surface area contributed by atoms with E-state index in [2.05, 4.69) is 21.2 Å². The maximum Gasteiger partial charge on any atom is 0.251 e. The summed E-state index contributed by atoms with van der Waals surface area (Å²) >= 11 is 3.37. The van der Waals surface area contributed by atoms with Gasteiger partial charge in [-0.15, -0.1) is 0 Å². The fraction of sp³-hybridized carbons (Fsp3) is 0.235. The second-order valence-electron chi connectivity index (χ2n) is 4.95. The number of rotatable bonds is 4. The second kappa shape index (κ2) is 6.76. The third-order valence-electron chi connectivity index (χ3n) is 3.29. The largest absolute Gasteiger partial charge is 0.496 e. The number of amides is 1. The molecular formula is C17H18BrNO2. The zero-order valence-corrected chi connectivity index (χ0v) is 13.9. The minimum Gasteiger partial charge on any atom is -0.496 e. The van der Waals surface area contributed by atoms with Gasteiger partial charge in [-0.3, -0.25) is 4.79 Å². The zero-order valence-electron chi connectivity index (χ0n) is 12.3. The van der Waals surface area contributed by atoms with Crippen molar-refractivity contribution in [2.75, 3.05) is 7.11 Å². The molecule has 0 aliphatic carbocycles. The Kier molecular flexibility index (Phi) is 5.02. The van der Waals surface area contributed by atoms with Gasteiger partial charge in [0.05, 0.1) is 13.2 Å². The van der Waals surface area contributed by atoms with Crippen molar-refractivity contribution in [1.29, 1.82) is 0 Å². The van der Waals surface area contributed by atoms with Gasteiger partial charge in [0.15, 0.2) is 0 Å². The van der Waals surface area contributed by atoms with Crippen LogP contribution >= 0.6 is 15.9 Å². The van der Waals surface area contributed by atoms with Crippen molar-refractivity contribution in [2.45, 2.75) is 19.9 Å². The average Bonchev–Trinajstić information content (AvgIpc) is 2.47. The molecule has 0 fully saturated rings. The SMILES string of the molecule is COc1ccc(C)cc1[C@@H](C)NC(=O)c1cccc(Br)c1. The lowest BCUT2D eigenvalue weighted by Crippen LogP contribution is -2.27. The van der Waals surface area contributed by atoms with Crippen LogP contribution in [0, 0.1) is 6.92 Å². The molecule has 4 heteroatoms. The van der Waals surface area contributed by atoms with Crippen LogP contribution in [0.2, 0.25) is 0 Å². The molecule has 21 heavy (non-hydrogen) atoms. The third-order valence-corrected chi connectivity index (χ3v) is 3.78. The highest BCUT2D eigenvalue weighted by atomic mass is 79.9. The van der Waals surface area contributed by atoms with E-state index in [0.717, 1.165) is 21.3 Å². The fourth-order valence-electron chi connectivity index (χ4n) is 2.18. The van der Waals surface area contributed by atoms with E-state index in [1.54, 1.807) is 19.2 Å². The Morgan fingerprint density at radius 3 is 2.67 bits per heavy atom. The lowest BCUT2D eigenvalue weighted by atomic mass is 10.0. The molecule has 1 amide bonds. The summed E-state index contributed by atoms with van der Waals surface area (Å²) in [5.74, 6) is 0.676. The summed E-state index contributed by atoms with van der Waals surface area (Å²) < 4.78 is 6.25. The van der Waals surface area contributed by atoms with Gasteiger partial charge in [0.25, 0.3) is 5.91 Å². The van der Waals surface area contributed by atoms with Gasteiger partial charge in [-0.05, 0) is 38.1 Å². The number of halogens is 1. The molecule has 2 rings (SSSR count). The summed E-state index contributed by atoms with van der Waals surface area (Å²) in [6.07, 6.45) is 0. The quantitative estimate of drug-likeness (QED) is 0.897. The summed E-state index contributed by atoms with van der Waals surface area (Å²) in [7, 11) is 1.64. The van der Waals surface area contributed by atoms with Crippen LogP contribution in [-0.2, 0) is 0 Å². The number of hydrogen-bond donors (Lipinski definition) is 1. The highest BCUT2D eigenvalue weighted by Gasteiger charge is 2.15. The summed E-state index contributed by atoms with van der Waals surface area (Å²) in [6.45, 7) is 3.97. The van der Waals surface area contributed by atoms with Gasteiger partial charge < -0.3 is 10.1 Å². The molecule has 1 atom stereocenters. The number of nitrogens with one attached hydrogen (secondary N) is 1. The Hall–Kier alpha value is -1.81. The van der Waals surface area contributed by atoms with Crippen molar-refractivity contribution >= 4 is 21.8 Å². The predicted octanol–water partition coefficient (Wildman–Crippen LogP) is 4.26. The molecule has 0 radical (unpaired) electrons. The van der Waals surface area contributed by atoms with Crippen molar-refractivity contribution in [1.82, 2.24) is 5.32 Å². The standard InChI is InChI=1S/C17H18BrNO2/c1-11-7-8-16(21-3)15(9-11)12(2)19-17(20)13-5-4-6-14(18)10-13/h4-10,12H,1-3H3,(H,19,20)/t12-/m1/s1. The molecule has 2 aromatic carbocycles. The van der Waals surface area contributed by atoms with Gasteiger partial charge in [-0.25, -0.2) is 0 Å². The second-order valence-corrected chi connectivity index (χ2v) is 5.87. The molecule has 0 aromatic heterocycles. The zero-order chi connectivity index (χ0) is 15.4. The van der Waals surface area contributed by atoms with Crippen LogP contribution in [0.3, 0.4) is 0 Å². The molecular weight excluding hydrogens is 330 g/mol. The van der Waals surface area contributed by atoms with E-state index in [1.807, 2.05) is 44.2 Å². The van der Waals surface area contributed by atoms with Crippen LogP contribution in [0.15, 0.2) is 46.9 Å². The van der Waals surface area contributed by atoms with E-state index in [9.17, 15) is 4.79 Å². The Morgan fingerprint density at radius 1 is 1.24 bits per heavy atom. The molecule has 0 saturated heterocycles. The lowest BCUT2D eigenvalue weighted by molar-refractivity contribution is 0.0939. The average molecular weight is 348 g/mol. The van der Waals surface area contributed by atoms with E-state index in [0.29, 0.717) is 5.56 Å². The van der Waals surface area contributed by atoms with Gasteiger partial charge in [0.2, 0.25) is 0 Å². The van der Waals surface area contributed by atoms with Gasteiger partial charge in [-0.1, -0.05) is 39.7 Å². The molecule has 0 aliphatic heterocycles. The number of carbonyl (C=O) groups is 1. The maximum atomic E-state index is 12.3. The number of benzene rings is 2. The maximum absolute atomic E-state index is 12.3. The van der Waals surface area contributed by atoms with E-state index in [1.165, 1.54) is 0 Å². The van der Waals surface area contributed by atoms with E-state index < -0.39 is 0 Å². The fourth-order valence-corrected chi connectivity index (χ4v) is 2.58. The Balaban J connectivity index is 2.20. The highest BCUT2D eigenvalue weighted by Crippen LogP contribution is 2.26. The normalized spacial score (nSPS) is 11.8. The first-order chi connectivity index (χ1) is 10.0. The number of carbonyl (C=O) groups excluding carboxylic acids is 1. The summed E-state index contributed by atoms with van der Waals surface area (Å²) in [5, 5.41) is 3.00. The van der Waals surface area contributed by atoms with Crippen LogP contribution in [0.1, 0.15) is 34.5 Å². The smallest absolute Gasteiger partial charge is 0.251 e. The topological polar surface area (TPSA) is 38.3 Å². The van der Waals surface area contributed by atoms with Crippen molar-refractivity contribution in [3.05, 3.63) is 63.6 Å². The molecule has 0 bridgehead atoms. The molecule has 1 N–H and O–H groups in total. The van der Waals surface area contributed by atoms with E-state index >= 15 is 0 Å². The van der Waals surface area contributed by atoms with Crippen LogP contribution in [0.5, 0.6) is 5.75 Å². The van der Waals surface area contributed by atoms with Crippen molar-refractivity contribution in [3.63, 3.8) is 0 Å². The van der Waals surface area contributed by atoms with Gasteiger partial charge in [-0.2, -0.15) is 0 Å². The first kappa shape index (κ1) is 15.6. The first-order valence-corrected chi connectivity index (χ1v) is 7.51. The Morgan fingerprint density at radius 2 is 2.00 bits per heavy atom. The van der Waals surface area contributed by atoms with Crippen molar-refractivity contribution < 1.29 is 9.53 Å². The van der Waals surface area contributed by atoms with Crippen LogP contribution in [-0.4, -0.2) is 13.0 Å². The lowest BCUT2D eigenvalue weighted by Gasteiger charge is -2.18. The van der Waals surface area contributed by atoms with Crippen molar-refractivity contribution in [2.24, 2.45) is 0 Å². The van der Waals surface area contributed by atoms with Gasteiger partial charge >= 0.3 is 0 Å². The molecule has 2 aromatic rings. The van der Waals surface area contributed by atoms with Crippen LogP contribution in [0.25, 0.3) is 0 Å². The molecule has 110 valence electrons.